The number of benzene rings is 2. The Hall–Kier alpha value is -2.78. The first-order valence-corrected chi connectivity index (χ1v) is 24.1. The maximum atomic E-state index is 13.5. The molecular formula is C50H71N3O4S. The van der Waals surface area contributed by atoms with Crippen molar-refractivity contribution in [1.29, 1.82) is 0 Å². The summed E-state index contributed by atoms with van der Waals surface area (Å²) in [6.45, 7) is 26.5. The van der Waals surface area contributed by atoms with Gasteiger partial charge in [0.2, 0.25) is 10.0 Å². The molecule has 1 saturated heterocycles. The fraction of sp³-hybridized carbons (Fsp3) is 0.660. The number of carbonyl (C=O) groups is 1. The first-order chi connectivity index (χ1) is 27.4. The molecule has 2 aromatic carbocycles. The van der Waals surface area contributed by atoms with Crippen LogP contribution < -0.4 is 5.32 Å². The van der Waals surface area contributed by atoms with Gasteiger partial charge in [-0.2, -0.15) is 4.31 Å². The lowest BCUT2D eigenvalue weighted by Gasteiger charge is -2.72. The van der Waals surface area contributed by atoms with E-state index in [0.717, 1.165) is 44.6 Å². The molecule has 5 fully saturated rings. The molecule has 58 heavy (non-hydrogen) atoms. The second kappa shape index (κ2) is 15.0. The van der Waals surface area contributed by atoms with Crippen molar-refractivity contribution in [2.75, 3.05) is 39.3 Å². The number of aryl methyl sites for hydroxylation is 1. The van der Waals surface area contributed by atoms with Crippen molar-refractivity contribution in [3.63, 3.8) is 0 Å². The number of nitrogens with one attached hydrogen (secondary N) is 1. The van der Waals surface area contributed by atoms with Crippen molar-refractivity contribution in [2.45, 2.75) is 123 Å². The number of carboxylic acids is 1. The van der Waals surface area contributed by atoms with E-state index in [1.165, 1.54) is 68.1 Å². The summed E-state index contributed by atoms with van der Waals surface area (Å²) in [5.74, 6) is 2.17. The average molecular weight is 810 g/mol. The van der Waals surface area contributed by atoms with Crippen molar-refractivity contribution in [2.24, 2.45) is 51.2 Å². The molecule has 0 aromatic heterocycles. The summed E-state index contributed by atoms with van der Waals surface area (Å²) < 4.78 is 28.6. The van der Waals surface area contributed by atoms with Crippen LogP contribution in [0.1, 0.15) is 128 Å². The highest BCUT2D eigenvalue weighted by Gasteiger charge is 2.70. The molecule has 1 aliphatic heterocycles. The second-order valence-corrected chi connectivity index (χ2v) is 22.9. The fourth-order valence-corrected chi connectivity index (χ4v) is 16.5. The van der Waals surface area contributed by atoms with E-state index >= 15 is 0 Å². The molecule has 0 radical (unpaired) electrons. The van der Waals surface area contributed by atoms with Crippen LogP contribution >= 0.6 is 0 Å². The third-order valence-corrected chi connectivity index (χ3v) is 20.2. The van der Waals surface area contributed by atoms with E-state index in [1.807, 2.05) is 24.3 Å². The Morgan fingerprint density at radius 2 is 1.53 bits per heavy atom. The largest absolute Gasteiger partial charge is 0.478 e. The molecule has 1 heterocycles. The molecule has 3 unspecified atom stereocenters. The Balaban J connectivity index is 0.969. The molecule has 0 amide bonds. The summed E-state index contributed by atoms with van der Waals surface area (Å²) in [4.78, 5) is 14.5. The predicted molar refractivity (Wildman–Crippen MR) is 235 cm³/mol. The third kappa shape index (κ3) is 6.52. The Kier molecular flexibility index (Phi) is 10.8. The Morgan fingerprint density at radius 3 is 2.17 bits per heavy atom. The first kappa shape index (κ1) is 41.9. The molecule has 6 aliphatic rings. The smallest absolute Gasteiger partial charge is 0.335 e. The Morgan fingerprint density at radius 1 is 0.845 bits per heavy atom. The van der Waals surface area contributed by atoms with Gasteiger partial charge in [-0.25, -0.2) is 13.2 Å². The molecule has 4 saturated carbocycles. The third-order valence-electron chi connectivity index (χ3n) is 18.3. The van der Waals surface area contributed by atoms with Crippen LogP contribution in [0, 0.1) is 51.2 Å². The maximum absolute atomic E-state index is 13.5. The number of sulfonamides is 1. The topological polar surface area (TPSA) is 90.0 Å². The zero-order chi connectivity index (χ0) is 41.5. The van der Waals surface area contributed by atoms with Gasteiger partial charge >= 0.3 is 5.97 Å². The van der Waals surface area contributed by atoms with Crippen LogP contribution in [-0.2, 0) is 16.4 Å². The van der Waals surface area contributed by atoms with Gasteiger partial charge in [0.15, 0.2) is 0 Å². The highest BCUT2D eigenvalue weighted by atomic mass is 32.2. The summed E-state index contributed by atoms with van der Waals surface area (Å²) >= 11 is 0. The van der Waals surface area contributed by atoms with Gasteiger partial charge in [-0.3, -0.25) is 4.90 Å². The first-order valence-electron chi connectivity index (χ1n) is 22.7. The number of fused-ring (bicyclic) bond motifs is 7. The molecule has 7 nitrogen and oxygen atoms in total. The fourth-order valence-electron chi connectivity index (χ4n) is 15.0. The molecule has 0 bridgehead atoms. The molecule has 2 aromatic rings. The van der Waals surface area contributed by atoms with E-state index in [0.29, 0.717) is 53.1 Å². The number of hydrogen-bond acceptors (Lipinski definition) is 5. The van der Waals surface area contributed by atoms with E-state index in [1.54, 1.807) is 28.6 Å². The van der Waals surface area contributed by atoms with Crippen molar-refractivity contribution < 1.29 is 18.3 Å². The summed E-state index contributed by atoms with van der Waals surface area (Å²) in [6.07, 6.45) is 14.6. The number of rotatable bonds is 10. The number of hydrogen-bond donors (Lipinski definition) is 2. The normalized spacial score (nSPS) is 37.5. The summed E-state index contributed by atoms with van der Waals surface area (Å²) in [5.41, 5.74) is 6.31. The predicted octanol–water partition coefficient (Wildman–Crippen LogP) is 9.95. The molecule has 8 heteroatoms. The number of allylic oxidation sites excluding steroid dienone is 3. The monoisotopic (exact) mass is 810 g/mol. The van der Waals surface area contributed by atoms with E-state index in [-0.39, 0.29) is 27.2 Å². The zero-order valence-corrected chi connectivity index (χ0v) is 37.4. The Bertz CT molecular complexity index is 2030. The lowest BCUT2D eigenvalue weighted by atomic mass is 9.33. The van der Waals surface area contributed by atoms with Gasteiger partial charge in [-0.15, -0.1) is 0 Å². The number of carboxylic acid groups (broad SMARTS) is 1. The molecule has 2 N–H and O–H groups in total. The molecule has 8 rings (SSSR count). The molecule has 5 aliphatic carbocycles. The second-order valence-electron chi connectivity index (χ2n) is 20.9. The summed E-state index contributed by atoms with van der Waals surface area (Å²) in [5, 5.41) is 13.8. The highest BCUT2D eigenvalue weighted by molar-refractivity contribution is 7.89. The standard InChI is InChI=1S/C50H71N3O4S/c1-9-35-10-16-38(17-11-35)58(56,57)53-32-30-52(31-33-53)29-28-51-50-25-20-39(34(2)3)44(50)41-18-19-43-47(6)23-21-40(36-12-14-37(15-13-36)45(54)55)46(4,5)42(47)22-24-49(43,8)48(41,7)26-27-50/h10-17,21,39,41-44,51H,2,9,18-20,22-33H2,1,3-8H3,(H,54,55)/t39-,41+,42?,43?,44?,47-,48+,49+,50-/m0/s1. The van der Waals surface area contributed by atoms with Crippen molar-refractivity contribution in [3.05, 3.63) is 83.4 Å². The van der Waals surface area contributed by atoms with Gasteiger partial charge in [0.05, 0.1) is 10.5 Å². The zero-order valence-electron chi connectivity index (χ0n) is 36.6. The van der Waals surface area contributed by atoms with Gasteiger partial charge in [0, 0.05) is 44.8 Å². The lowest BCUT2D eigenvalue weighted by molar-refractivity contribution is -0.219. The molecule has 316 valence electrons. The van der Waals surface area contributed by atoms with Crippen LogP contribution in [-0.4, -0.2) is 73.5 Å². The van der Waals surface area contributed by atoms with E-state index in [2.05, 4.69) is 71.3 Å². The van der Waals surface area contributed by atoms with Crippen molar-refractivity contribution >= 4 is 21.6 Å². The van der Waals surface area contributed by atoms with Crippen LogP contribution in [0.5, 0.6) is 0 Å². The van der Waals surface area contributed by atoms with E-state index < -0.39 is 16.0 Å². The van der Waals surface area contributed by atoms with Crippen LogP contribution in [0.3, 0.4) is 0 Å². The van der Waals surface area contributed by atoms with Gasteiger partial charge in [0.25, 0.3) is 0 Å². The van der Waals surface area contributed by atoms with Gasteiger partial charge in [-0.05, 0) is 163 Å². The highest BCUT2D eigenvalue weighted by Crippen LogP contribution is 2.76. The molecular weight excluding hydrogens is 739 g/mol. The molecule has 9 atom stereocenters. The minimum Gasteiger partial charge on any atom is -0.478 e. The summed E-state index contributed by atoms with van der Waals surface area (Å²) in [7, 11) is -3.48. The van der Waals surface area contributed by atoms with Crippen LogP contribution in [0.4, 0.5) is 0 Å². The van der Waals surface area contributed by atoms with Crippen LogP contribution in [0.25, 0.3) is 5.57 Å². The Labute approximate surface area is 350 Å². The van der Waals surface area contributed by atoms with Crippen LogP contribution in [0.2, 0.25) is 0 Å². The lowest BCUT2D eigenvalue weighted by Crippen LogP contribution is -2.68. The van der Waals surface area contributed by atoms with Gasteiger partial charge in [-0.1, -0.05) is 84.0 Å². The van der Waals surface area contributed by atoms with Crippen molar-refractivity contribution in [1.82, 2.24) is 14.5 Å². The minimum absolute atomic E-state index is 0.000564. The SMILES string of the molecule is C=C(C)[C@@H]1CC[C@]2(NCCN3CCN(S(=O)(=O)c4ccc(CC)cc4)CC3)CC[C@]3(C)[C@H](CCC4[C@@]5(C)CC=C(c6ccc(C(=O)O)cc6)C(C)(C)C5CC[C@]43C)C12. The quantitative estimate of drug-likeness (QED) is 0.233. The van der Waals surface area contributed by atoms with Gasteiger partial charge < -0.3 is 10.4 Å². The average Bonchev–Trinajstić information content (AvgIpc) is 3.58. The number of piperazine rings is 1. The summed E-state index contributed by atoms with van der Waals surface area (Å²) in [6, 6.07) is 15.0. The minimum atomic E-state index is -3.48. The maximum Gasteiger partial charge on any atom is 0.335 e. The number of aromatic carboxylic acids is 1. The van der Waals surface area contributed by atoms with Crippen molar-refractivity contribution in [3.8, 4) is 0 Å². The van der Waals surface area contributed by atoms with E-state index in [9.17, 15) is 18.3 Å². The van der Waals surface area contributed by atoms with Crippen LogP contribution in [0.15, 0.2) is 71.7 Å². The number of nitrogens with zero attached hydrogens (tertiary/aromatic N) is 2. The van der Waals surface area contributed by atoms with E-state index in [4.69, 9.17) is 0 Å². The molecule has 0 spiro atoms. The van der Waals surface area contributed by atoms with Gasteiger partial charge in [0.1, 0.15) is 0 Å².